The average molecular weight is 651 g/mol. The Morgan fingerprint density at radius 2 is 1.48 bits per heavy atom. The summed E-state index contributed by atoms with van der Waals surface area (Å²) < 4.78 is 91.3. The summed E-state index contributed by atoms with van der Waals surface area (Å²) in [4.78, 5) is 30.6. The number of nitrogens with zero attached hydrogens (tertiary/aromatic N) is 2. The van der Waals surface area contributed by atoms with Crippen molar-refractivity contribution in [3.05, 3.63) is 82.9 Å². The van der Waals surface area contributed by atoms with Gasteiger partial charge in [-0.25, -0.2) is 0 Å². The third-order valence-corrected chi connectivity index (χ3v) is 7.91. The molecule has 0 saturated carbocycles. The second-order valence-electron chi connectivity index (χ2n) is 11.0. The Kier molecular flexibility index (Phi) is 9.66. The number of carbonyl (C=O) groups is 2. The summed E-state index contributed by atoms with van der Waals surface area (Å²) >= 11 is 0. The number of alkyl halides is 6. The first-order valence-corrected chi connectivity index (χ1v) is 14.6. The minimum absolute atomic E-state index is 0.0228. The van der Waals surface area contributed by atoms with Gasteiger partial charge in [0.2, 0.25) is 0 Å². The lowest BCUT2D eigenvalue weighted by atomic mass is 10.0. The molecule has 2 fully saturated rings. The Bertz CT molecular complexity index is 1530. The molecule has 8 nitrogen and oxygen atoms in total. The van der Waals surface area contributed by atoms with Crippen LogP contribution < -0.4 is 25.2 Å². The molecule has 0 spiro atoms. The monoisotopic (exact) mass is 650 g/mol. The molecule has 1 unspecified atom stereocenters. The maximum atomic E-state index is 13.5. The molecule has 2 N–H and O–H groups in total. The Hall–Kier alpha value is -4.46. The number of para-hydroxylation sites is 2. The summed E-state index contributed by atoms with van der Waals surface area (Å²) in [6.07, 6.45) is -8.71. The van der Waals surface area contributed by atoms with Gasteiger partial charge >= 0.3 is 12.4 Å². The van der Waals surface area contributed by atoms with Crippen LogP contribution in [0.15, 0.2) is 60.7 Å². The van der Waals surface area contributed by atoms with Gasteiger partial charge in [0.15, 0.2) is 0 Å². The summed E-state index contributed by atoms with van der Waals surface area (Å²) in [6.45, 7) is 3.11. The zero-order chi connectivity index (χ0) is 33.1. The fourth-order valence-electron chi connectivity index (χ4n) is 5.55. The van der Waals surface area contributed by atoms with Crippen molar-refractivity contribution in [2.75, 3.05) is 61.6 Å². The van der Waals surface area contributed by atoms with E-state index in [0.717, 1.165) is 24.3 Å². The van der Waals surface area contributed by atoms with Crippen molar-refractivity contribution >= 4 is 28.9 Å². The van der Waals surface area contributed by atoms with E-state index in [2.05, 4.69) is 15.5 Å². The van der Waals surface area contributed by atoms with Crippen molar-refractivity contribution in [1.29, 1.82) is 0 Å². The molecule has 14 heteroatoms. The molecule has 3 aromatic rings. The predicted octanol–water partition coefficient (Wildman–Crippen LogP) is 6.22. The summed E-state index contributed by atoms with van der Waals surface area (Å²) in [5.74, 6) is -0.930. The fraction of sp³-hybridized carbons (Fsp3) is 0.375. The second-order valence-corrected chi connectivity index (χ2v) is 11.0. The number of amides is 2. The van der Waals surface area contributed by atoms with Crippen molar-refractivity contribution in [3.8, 4) is 5.75 Å². The van der Waals surface area contributed by atoms with E-state index < -0.39 is 40.9 Å². The lowest BCUT2D eigenvalue weighted by Crippen LogP contribution is -2.47. The van der Waals surface area contributed by atoms with Gasteiger partial charge in [-0.1, -0.05) is 12.1 Å². The van der Waals surface area contributed by atoms with Gasteiger partial charge in [0.05, 0.1) is 35.6 Å². The Morgan fingerprint density at radius 3 is 2.07 bits per heavy atom. The van der Waals surface area contributed by atoms with E-state index in [1.54, 1.807) is 13.2 Å². The number of hydrogen-bond donors (Lipinski definition) is 2. The molecule has 2 aliphatic rings. The van der Waals surface area contributed by atoms with Crippen molar-refractivity contribution in [1.82, 2.24) is 5.32 Å². The first-order chi connectivity index (χ1) is 21.8. The molecule has 0 aliphatic carbocycles. The van der Waals surface area contributed by atoms with E-state index in [1.165, 1.54) is 12.1 Å². The van der Waals surface area contributed by atoms with Gasteiger partial charge in [0, 0.05) is 56.3 Å². The van der Waals surface area contributed by atoms with Gasteiger partial charge in [-0.3, -0.25) is 9.59 Å². The smallest absolute Gasteiger partial charge is 0.416 e. The highest BCUT2D eigenvalue weighted by Gasteiger charge is 2.37. The van der Waals surface area contributed by atoms with E-state index in [0.29, 0.717) is 50.6 Å². The minimum Gasteiger partial charge on any atom is -0.495 e. The number of halogens is 6. The molecule has 2 heterocycles. The van der Waals surface area contributed by atoms with Crippen LogP contribution in [0.1, 0.15) is 44.7 Å². The van der Waals surface area contributed by atoms with Crippen LogP contribution in [0.3, 0.4) is 0 Å². The molecule has 2 saturated heterocycles. The minimum atomic E-state index is -5.11. The van der Waals surface area contributed by atoms with Gasteiger partial charge in [0.1, 0.15) is 5.75 Å². The fourth-order valence-corrected chi connectivity index (χ4v) is 5.55. The number of carbonyl (C=O) groups excluding carboxylic acids is 2. The summed E-state index contributed by atoms with van der Waals surface area (Å²) in [5.41, 5.74) is -2.35. The highest BCUT2D eigenvalue weighted by Crippen LogP contribution is 2.37. The number of hydrogen-bond acceptors (Lipinski definition) is 6. The Morgan fingerprint density at radius 1 is 0.848 bits per heavy atom. The van der Waals surface area contributed by atoms with Crippen LogP contribution in [0.4, 0.5) is 43.4 Å². The number of piperazine rings is 1. The molecule has 3 aromatic carbocycles. The Balaban J connectivity index is 1.40. The molecule has 5 rings (SSSR count). The number of anilines is 3. The number of nitrogens with one attached hydrogen (secondary N) is 2. The molecule has 2 amide bonds. The van der Waals surface area contributed by atoms with Crippen molar-refractivity contribution < 1.29 is 45.4 Å². The highest BCUT2D eigenvalue weighted by atomic mass is 19.4. The van der Waals surface area contributed by atoms with E-state index in [9.17, 15) is 35.9 Å². The van der Waals surface area contributed by atoms with Crippen molar-refractivity contribution in [3.63, 3.8) is 0 Å². The van der Waals surface area contributed by atoms with Gasteiger partial charge in [-0.05, 0) is 61.4 Å². The largest absolute Gasteiger partial charge is 0.495 e. The predicted molar refractivity (Wildman–Crippen MR) is 160 cm³/mol. The SMILES string of the molecule is COc1ccccc1N1CCN(c2ccc(NC(=O)c3cc(C(F)(F)F)cc(C(F)(F)F)c3)cc2C(=O)NCC2CCCO2)CC1. The third kappa shape index (κ3) is 7.66. The topological polar surface area (TPSA) is 83.1 Å². The molecule has 1 atom stereocenters. The van der Waals surface area contributed by atoms with Crippen LogP contribution in [0.5, 0.6) is 5.75 Å². The number of rotatable bonds is 8. The third-order valence-electron chi connectivity index (χ3n) is 7.91. The summed E-state index contributed by atoms with van der Waals surface area (Å²) in [5, 5.41) is 5.21. The maximum absolute atomic E-state index is 13.5. The van der Waals surface area contributed by atoms with Gasteiger partial charge in [-0.15, -0.1) is 0 Å². The van der Waals surface area contributed by atoms with Crippen LogP contribution in [0.2, 0.25) is 0 Å². The van der Waals surface area contributed by atoms with Crippen LogP contribution in [-0.2, 0) is 17.1 Å². The van der Waals surface area contributed by atoms with Crippen molar-refractivity contribution in [2.24, 2.45) is 0 Å². The first-order valence-electron chi connectivity index (χ1n) is 14.6. The summed E-state index contributed by atoms with van der Waals surface area (Å²) in [6, 6.07) is 12.7. The average Bonchev–Trinajstić information content (AvgIpc) is 3.56. The van der Waals surface area contributed by atoms with Gasteiger partial charge < -0.3 is 29.9 Å². The van der Waals surface area contributed by atoms with E-state index in [4.69, 9.17) is 9.47 Å². The molecule has 46 heavy (non-hydrogen) atoms. The van der Waals surface area contributed by atoms with E-state index in [1.807, 2.05) is 29.2 Å². The maximum Gasteiger partial charge on any atom is 0.416 e. The molecule has 246 valence electrons. The number of methoxy groups -OCH3 is 1. The highest BCUT2D eigenvalue weighted by molar-refractivity contribution is 6.06. The van der Waals surface area contributed by atoms with E-state index >= 15 is 0 Å². The summed E-state index contributed by atoms with van der Waals surface area (Å²) in [7, 11) is 1.60. The molecular formula is C32H32F6N4O4. The molecule has 0 radical (unpaired) electrons. The second kappa shape index (κ2) is 13.5. The molecular weight excluding hydrogens is 618 g/mol. The van der Waals surface area contributed by atoms with Crippen LogP contribution in [-0.4, -0.2) is 64.4 Å². The normalized spacial score (nSPS) is 17.2. The molecule has 0 bridgehead atoms. The van der Waals surface area contributed by atoms with Gasteiger partial charge in [0.25, 0.3) is 11.8 Å². The lowest BCUT2D eigenvalue weighted by Gasteiger charge is -2.38. The number of ether oxygens (including phenoxy) is 2. The van der Waals surface area contributed by atoms with Crippen LogP contribution >= 0.6 is 0 Å². The van der Waals surface area contributed by atoms with Crippen LogP contribution in [0, 0.1) is 0 Å². The molecule has 0 aromatic heterocycles. The van der Waals surface area contributed by atoms with Crippen molar-refractivity contribution in [2.45, 2.75) is 31.3 Å². The quantitative estimate of drug-likeness (QED) is 0.282. The van der Waals surface area contributed by atoms with Gasteiger partial charge in [-0.2, -0.15) is 26.3 Å². The zero-order valence-electron chi connectivity index (χ0n) is 24.8. The zero-order valence-corrected chi connectivity index (χ0v) is 24.8. The molecule has 2 aliphatic heterocycles. The first kappa shape index (κ1) is 32.9. The Labute approximate surface area is 261 Å². The van der Waals surface area contributed by atoms with Crippen LogP contribution in [0.25, 0.3) is 0 Å². The number of benzene rings is 3. The standard InChI is InChI=1S/C32H32F6N4O4/c1-45-28-7-3-2-6-27(28)42-12-10-41(11-13-42)26-9-8-23(18-25(26)30(44)39-19-24-5-4-14-46-24)40-29(43)20-15-21(31(33,34)35)17-22(16-20)32(36,37)38/h2-3,6-9,15-18,24H,4-5,10-14,19H2,1H3,(H,39,44)(H,40,43). The lowest BCUT2D eigenvalue weighted by molar-refractivity contribution is -0.143. The van der Waals surface area contributed by atoms with E-state index in [-0.39, 0.29) is 30.0 Å².